The Labute approximate surface area is 275 Å². The second kappa shape index (κ2) is 15.7. The first-order valence-corrected chi connectivity index (χ1v) is 15.3. The largest absolute Gasteiger partial charge is 0.481 e. The number of nitrogens with two attached hydrogens (primary N) is 1. The number of alkyl halides is 3. The van der Waals surface area contributed by atoms with Crippen LogP contribution in [-0.4, -0.2) is 60.6 Å². The molecule has 3 aromatic carbocycles. The molecule has 0 saturated carbocycles. The number of benzene rings is 3. The minimum absolute atomic E-state index is 0.0147. The van der Waals surface area contributed by atoms with E-state index in [-0.39, 0.29) is 28.9 Å². The molecule has 0 bridgehead atoms. The molecule has 1 aliphatic rings. The van der Waals surface area contributed by atoms with E-state index in [2.05, 4.69) is 15.2 Å². The van der Waals surface area contributed by atoms with E-state index in [1.54, 1.807) is 37.4 Å². The Morgan fingerprint density at radius 2 is 1.81 bits per heavy atom. The molecule has 0 spiro atoms. The Kier molecular flexibility index (Phi) is 11.8. The number of carbonyl (C=O) groups excluding carboxylic acids is 2. The van der Waals surface area contributed by atoms with Gasteiger partial charge < -0.3 is 26.0 Å². The first-order valence-electron chi connectivity index (χ1n) is 14.9. The summed E-state index contributed by atoms with van der Waals surface area (Å²) in [6.07, 6.45) is 0.464. The van der Waals surface area contributed by atoms with Crippen LogP contribution in [0.2, 0.25) is 5.02 Å². The van der Waals surface area contributed by atoms with Crippen molar-refractivity contribution in [1.29, 1.82) is 0 Å². The number of rotatable bonds is 12. The zero-order valence-electron chi connectivity index (χ0n) is 25.7. The molecule has 0 unspecified atom stereocenters. The second-order valence-electron chi connectivity index (χ2n) is 11.2. The second-order valence-corrected chi connectivity index (χ2v) is 11.6. The van der Waals surface area contributed by atoms with E-state index in [4.69, 9.17) is 22.4 Å². The number of allylic oxidation sites excluding steroid dienone is 1. The van der Waals surface area contributed by atoms with Crippen molar-refractivity contribution >= 4 is 52.5 Å². The van der Waals surface area contributed by atoms with Crippen LogP contribution < -0.4 is 16.0 Å². The first kappa shape index (κ1) is 35.2. The maximum Gasteiger partial charge on any atom is 0.417 e. The van der Waals surface area contributed by atoms with Crippen molar-refractivity contribution < 1.29 is 32.7 Å². The number of anilines is 2. The Morgan fingerprint density at radius 3 is 2.49 bits per heavy atom. The van der Waals surface area contributed by atoms with Crippen LogP contribution in [0.5, 0.6) is 0 Å². The number of aliphatic carboxylic acids is 1. The fraction of sp³-hybridized carbons (Fsp3) is 0.294. The van der Waals surface area contributed by atoms with Crippen LogP contribution in [0.15, 0.2) is 77.4 Å². The minimum atomic E-state index is -4.69. The lowest BCUT2D eigenvalue weighted by molar-refractivity contribution is -0.138. The summed E-state index contributed by atoms with van der Waals surface area (Å²) in [5.74, 6) is -1.97. The van der Waals surface area contributed by atoms with Crippen LogP contribution in [0.3, 0.4) is 0 Å². The normalized spacial score (nSPS) is 14.1. The van der Waals surface area contributed by atoms with E-state index in [9.17, 15) is 27.6 Å². The number of halogens is 4. The summed E-state index contributed by atoms with van der Waals surface area (Å²) in [6, 6.07) is 15.1. The molecule has 1 heterocycles. The average Bonchev–Trinajstić information content (AvgIpc) is 3.04. The molecule has 13 heteroatoms. The molecule has 9 nitrogen and oxygen atoms in total. The standard InChI is InChI=1S/C34H35ClF3N5O4/c1-42(15-12-31(44)45)21-22-6-5-7-23(16-22)33(47)41-30-11-9-26(43-13-3-2-4-14-43)18-27(30)32(46)24(19-39)20-40-25-8-10-29(35)28(17-25)34(36,37)38/h5-11,16-20H,2-4,12-15,21,39H2,1H3,(H,41,47)(H,44,45)/b24-19+,40-20?. The van der Waals surface area contributed by atoms with E-state index >= 15 is 0 Å². The van der Waals surface area contributed by atoms with E-state index in [1.807, 2.05) is 17.0 Å². The van der Waals surface area contributed by atoms with Crippen molar-refractivity contribution in [1.82, 2.24) is 4.90 Å². The molecule has 47 heavy (non-hydrogen) atoms. The van der Waals surface area contributed by atoms with Gasteiger partial charge in [0.15, 0.2) is 5.78 Å². The molecule has 3 aromatic rings. The highest BCUT2D eigenvalue weighted by Gasteiger charge is 2.33. The number of nitrogens with zero attached hydrogens (tertiary/aromatic N) is 3. The van der Waals surface area contributed by atoms with Crippen LogP contribution in [-0.2, 0) is 17.5 Å². The van der Waals surface area contributed by atoms with Crippen molar-refractivity contribution in [2.45, 2.75) is 38.4 Å². The zero-order valence-corrected chi connectivity index (χ0v) is 26.4. The molecule has 0 atom stereocenters. The van der Waals surface area contributed by atoms with Gasteiger partial charge in [0.25, 0.3) is 5.91 Å². The number of carboxylic acids is 1. The Hall–Kier alpha value is -4.68. The third-order valence-electron chi connectivity index (χ3n) is 7.62. The number of carbonyl (C=O) groups is 3. The van der Waals surface area contributed by atoms with Gasteiger partial charge in [0.2, 0.25) is 0 Å². The predicted molar refractivity (Wildman–Crippen MR) is 177 cm³/mol. The van der Waals surface area contributed by atoms with Gasteiger partial charge in [-0.05, 0) is 80.4 Å². The van der Waals surface area contributed by atoms with Crippen LogP contribution in [0.1, 0.15) is 57.5 Å². The van der Waals surface area contributed by atoms with Gasteiger partial charge in [-0.25, -0.2) is 0 Å². The fourth-order valence-electron chi connectivity index (χ4n) is 5.15. The molecule has 0 aromatic heterocycles. The summed E-state index contributed by atoms with van der Waals surface area (Å²) in [5.41, 5.74) is 6.79. The lowest BCUT2D eigenvalue weighted by atomic mass is 10.00. The molecule has 0 aliphatic carbocycles. The molecule has 4 rings (SSSR count). The number of hydrogen-bond donors (Lipinski definition) is 3. The van der Waals surface area contributed by atoms with E-state index < -0.39 is 34.4 Å². The number of aliphatic imine (C=N–C) groups is 1. The highest BCUT2D eigenvalue weighted by Crippen LogP contribution is 2.37. The topological polar surface area (TPSA) is 128 Å². The zero-order chi connectivity index (χ0) is 34.1. The molecule has 1 amide bonds. The van der Waals surface area contributed by atoms with E-state index in [0.29, 0.717) is 18.7 Å². The van der Waals surface area contributed by atoms with Crippen molar-refractivity contribution in [3.8, 4) is 0 Å². The Morgan fingerprint density at radius 1 is 1.06 bits per heavy atom. The maximum atomic E-state index is 13.9. The number of nitrogens with one attached hydrogen (secondary N) is 1. The molecule has 248 valence electrons. The number of carboxylic acid groups (broad SMARTS) is 1. The molecule has 4 N–H and O–H groups in total. The summed E-state index contributed by atoms with van der Waals surface area (Å²) >= 11 is 5.72. The van der Waals surface area contributed by atoms with Crippen LogP contribution >= 0.6 is 11.6 Å². The molecule has 1 saturated heterocycles. The van der Waals surface area contributed by atoms with Crippen LogP contribution in [0.4, 0.5) is 30.2 Å². The first-order chi connectivity index (χ1) is 22.3. The molecule has 1 fully saturated rings. The van der Waals surface area contributed by atoms with Crippen molar-refractivity contribution in [3.05, 3.63) is 99.7 Å². The fourth-order valence-corrected chi connectivity index (χ4v) is 5.37. The molecular weight excluding hydrogens is 635 g/mol. The van der Waals surface area contributed by atoms with E-state index in [0.717, 1.165) is 68.2 Å². The van der Waals surface area contributed by atoms with Gasteiger partial charge in [0.05, 0.1) is 34.0 Å². The predicted octanol–water partition coefficient (Wildman–Crippen LogP) is 6.94. The lowest BCUT2D eigenvalue weighted by Crippen LogP contribution is -2.29. The molecule has 1 aliphatic heterocycles. The number of piperidine rings is 1. The lowest BCUT2D eigenvalue weighted by Gasteiger charge is -2.29. The van der Waals surface area contributed by atoms with Gasteiger partial charge in [-0.15, -0.1) is 0 Å². The maximum absolute atomic E-state index is 13.9. The number of hydrogen-bond acceptors (Lipinski definition) is 7. The molecular formula is C34H35ClF3N5O4. The van der Waals surface area contributed by atoms with Gasteiger partial charge in [0, 0.05) is 55.4 Å². The summed E-state index contributed by atoms with van der Waals surface area (Å²) in [5, 5.41) is 11.3. The van der Waals surface area contributed by atoms with Crippen molar-refractivity contribution in [3.63, 3.8) is 0 Å². The van der Waals surface area contributed by atoms with Crippen molar-refractivity contribution in [2.24, 2.45) is 10.7 Å². The third-order valence-corrected chi connectivity index (χ3v) is 7.95. The van der Waals surface area contributed by atoms with Crippen molar-refractivity contribution in [2.75, 3.05) is 36.9 Å². The highest BCUT2D eigenvalue weighted by atomic mass is 35.5. The Balaban J connectivity index is 1.62. The summed E-state index contributed by atoms with van der Waals surface area (Å²) in [6.45, 7) is 2.35. The number of ketones is 1. The summed E-state index contributed by atoms with van der Waals surface area (Å²) in [4.78, 5) is 46.2. The van der Waals surface area contributed by atoms with Gasteiger partial charge in [-0.1, -0.05) is 23.7 Å². The van der Waals surface area contributed by atoms with Gasteiger partial charge >= 0.3 is 12.1 Å². The summed E-state index contributed by atoms with van der Waals surface area (Å²) < 4.78 is 40.1. The molecule has 0 radical (unpaired) electrons. The summed E-state index contributed by atoms with van der Waals surface area (Å²) in [7, 11) is 1.78. The monoisotopic (exact) mass is 669 g/mol. The van der Waals surface area contributed by atoms with Crippen LogP contribution in [0, 0.1) is 0 Å². The average molecular weight is 670 g/mol. The quantitative estimate of drug-likeness (QED) is 0.108. The van der Waals surface area contributed by atoms with Gasteiger partial charge in [-0.2, -0.15) is 13.2 Å². The SMILES string of the molecule is CN(CCC(=O)O)Cc1cccc(C(=O)Nc2ccc(N3CCCCC3)cc2C(=O)/C(C=Nc2ccc(Cl)c(C(F)(F)F)c2)=C/N)c1. The van der Waals surface area contributed by atoms with Gasteiger partial charge in [0.1, 0.15) is 0 Å². The van der Waals surface area contributed by atoms with Gasteiger partial charge in [-0.3, -0.25) is 19.4 Å². The Bertz CT molecular complexity index is 1690. The number of amides is 1. The third kappa shape index (κ3) is 9.66. The highest BCUT2D eigenvalue weighted by molar-refractivity contribution is 6.31. The minimum Gasteiger partial charge on any atom is -0.481 e. The number of Topliss-reactive ketones (excluding diaryl/α,β-unsaturated/α-hetero) is 1. The van der Waals surface area contributed by atoms with E-state index in [1.165, 1.54) is 6.07 Å². The van der Waals surface area contributed by atoms with Crippen LogP contribution in [0.25, 0.3) is 0 Å². The smallest absolute Gasteiger partial charge is 0.417 e.